The van der Waals surface area contributed by atoms with Gasteiger partial charge < -0.3 is 9.73 Å². The fraction of sp³-hybridized carbons (Fsp3) is 0.556. The highest BCUT2D eigenvalue weighted by molar-refractivity contribution is 5.78. The largest absolute Gasteiger partial charge is 0.467 e. The molecule has 0 aliphatic carbocycles. The third-order valence-corrected chi connectivity index (χ3v) is 4.60. The van der Waals surface area contributed by atoms with E-state index < -0.39 is 0 Å². The van der Waals surface area contributed by atoms with E-state index in [0.717, 1.165) is 31.7 Å². The summed E-state index contributed by atoms with van der Waals surface area (Å²) in [5, 5.41) is 7.40. The summed E-state index contributed by atoms with van der Waals surface area (Å²) in [5.74, 6) is 0.827. The predicted octanol–water partition coefficient (Wildman–Crippen LogP) is 2.52. The van der Waals surface area contributed by atoms with Crippen molar-refractivity contribution in [1.29, 1.82) is 0 Å². The second-order valence-electron chi connectivity index (χ2n) is 6.66. The number of hydrogen-bond donors (Lipinski definition) is 1. The standard InChI is InChI=1S/C18H26N4O2/c1-14-10-19-22(11-14)12-16-6-3-4-8-21(16)13-18(23)20-15(2)17-7-5-9-24-17/h5,7,9-11,15-16H,3-4,6,8,12-13H2,1-2H3,(H,20,23)/t15-,16-/m0/s1. The van der Waals surface area contributed by atoms with E-state index in [-0.39, 0.29) is 11.9 Å². The Hall–Kier alpha value is -2.08. The van der Waals surface area contributed by atoms with E-state index in [9.17, 15) is 4.79 Å². The summed E-state index contributed by atoms with van der Waals surface area (Å²) in [6.07, 6.45) is 9.04. The molecule has 2 aromatic rings. The van der Waals surface area contributed by atoms with Crippen LogP contribution in [-0.2, 0) is 11.3 Å². The maximum atomic E-state index is 12.4. The average molecular weight is 330 g/mol. The van der Waals surface area contributed by atoms with Crippen LogP contribution in [0, 0.1) is 6.92 Å². The first-order valence-corrected chi connectivity index (χ1v) is 8.67. The third kappa shape index (κ3) is 4.26. The van der Waals surface area contributed by atoms with E-state index in [1.807, 2.05) is 36.9 Å². The number of amides is 1. The quantitative estimate of drug-likeness (QED) is 0.884. The van der Waals surface area contributed by atoms with Crippen LogP contribution in [0.1, 0.15) is 43.6 Å². The molecule has 2 aromatic heterocycles. The number of aromatic nitrogens is 2. The van der Waals surface area contributed by atoms with Gasteiger partial charge >= 0.3 is 0 Å². The van der Waals surface area contributed by atoms with Crippen molar-refractivity contribution in [2.75, 3.05) is 13.1 Å². The van der Waals surface area contributed by atoms with Crippen molar-refractivity contribution in [1.82, 2.24) is 20.0 Å². The number of carbonyl (C=O) groups excluding carboxylic acids is 1. The Balaban J connectivity index is 1.55. The molecule has 0 radical (unpaired) electrons. The molecule has 1 aliphatic rings. The van der Waals surface area contributed by atoms with E-state index in [2.05, 4.69) is 21.5 Å². The second kappa shape index (κ2) is 7.66. The van der Waals surface area contributed by atoms with Gasteiger partial charge in [0.05, 0.1) is 31.6 Å². The summed E-state index contributed by atoms with van der Waals surface area (Å²) in [4.78, 5) is 14.7. The lowest BCUT2D eigenvalue weighted by Crippen LogP contribution is -2.47. The monoisotopic (exact) mass is 330 g/mol. The Morgan fingerprint density at radius 3 is 3.08 bits per heavy atom. The van der Waals surface area contributed by atoms with Crippen LogP contribution < -0.4 is 5.32 Å². The first kappa shape index (κ1) is 16.8. The Bertz CT molecular complexity index is 650. The average Bonchev–Trinajstić information content (AvgIpc) is 3.21. The molecule has 1 fully saturated rings. The Morgan fingerprint density at radius 1 is 1.50 bits per heavy atom. The number of aryl methyl sites for hydroxylation is 1. The van der Waals surface area contributed by atoms with Gasteiger partial charge in [0.1, 0.15) is 5.76 Å². The van der Waals surface area contributed by atoms with Gasteiger partial charge in [-0.05, 0) is 50.9 Å². The molecule has 1 saturated heterocycles. The van der Waals surface area contributed by atoms with Crippen molar-refractivity contribution in [3.63, 3.8) is 0 Å². The molecule has 1 aliphatic heterocycles. The zero-order valence-corrected chi connectivity index (χ0v) is 14.4. The normalized spacial score (nSPS) is 20.0. The summed E-state index contributed by atoms with van der Waals surface area (Å²) in [6.45, 7) is 6.22. The molecule has 1 amide bonds. The number of nitrogens with zero attached hydrogens (tertiary/aromatic N) is 3. The zero-order chi connectivity index (χ0) is 16.9. The van der Waals surface area contributed by atoms with Crippen molar-refractivity contribution in [3.8, 4) is 0 Å². The van der Waals surface area contributed by atoms with Gasteiger partial charge in [0.25, 0.3) is 0 Å². The molecule has 0 saturated carbocycles. The first-order valence-electron chi connectivity index (χ1n) is 8.67. The number of hydrogen-bond acceptors (Lipinski definition) is 4. The number of piperidine rings is 1. The fourth-order valence-electron chi connectivity index (χ4n) is 3.34. The van der Waals surface area contributed by atoms with Gasteiger partial charge in [-0.1, -0.05) is 6.42 Å². The van der Waals surface area contributed by atoms with Crippen LogP contribution in [0.5, 0.6) is 0 Å². The van der Waals surface area contributed by atoms with E-state index in [1.165, 1.54) is 12.0 Å². The number of carbonyl (C=O) groups is 1. The van der Waals surface area contributed by atoms with Gasteiger partial charge in [-0.2, -0.15) is 5.10 Å². The minimum Gasteiger partial charge on any atom is -0.467 e. The highest BCUT2D eigenvalue weighted by Gasteiger charge is 2.25. The van der Waals surface area contributed by atoms with E-state index in [0.29, 0.717) is 12.6 Å². The van der Waals surface area contributed by atoms with Gasteiger partial charge in [0.15, 0.2) is 0 Å². The van der Waals surface area contributed by atoms with Crippen LogP contribution in [0.15, 0.2) is 35.2 Å². The van der Waals surface area contributed by atoms with E-state index in [1.54, 1.807) is 6.26 Å². The van der Waals surface area contributed by atoms with Crippen LogP contribution in [0.4, 0.5) is 0 Å². The van der Waals surface area contributed by atoms with E-state index >= 15 is 0 Å². The van der Waals surface area contributed by atoms with Crippen molar-refractivity contribution in [2.24, 2.45) is 0 Å². The highest BCUT2D eigenvalue weighted by Crippen LogP contribution is 2.19. The molecule has 6 nitrogen and oxygen atoms in total. The minimum absolute atomic E-state index is 0.0439. The topological polar surface area (TPSA) is 63.3 Å². The lowest BCUT2D eigenvalue weighted by Gasteiger charge is -2.35. The summed E-state index contributed by atoms with van der Waals surface area (Å²) < 4.78 is 7.34. The van der Waals surface area contributed by atoms with Crippen molar-refractivity contribution in [2.45, 2.75) is 51.7 Å². The van der Waals surface area contributed by atoms with Gasteiger partial charge in [0, 0.05) is 12.2 Å². The fourth-order valence-corrected chi connectivity index (χ4v) is 3.34. The molecule has 6 heteroatoms. The summed E-state index contributed by atoms with van der Waals surface area (Å²) in [5.41, 5.74) is 1.17. The third-order valence-electron chi connectivity index (χ3n) is 4.60. The van der Waals surface area contributed by atoms with E-state index in [4.69, 9.17) is 4.42 Å². The van der Waals surface area contributed by atoms with Crippen molar-refractivity contribution >= 4 is 5.91 Å². The SMILES string of the molecule is Cc1cnn(C[C@@H]2CCCCN2CC(=O)N[C@@H](C)c2ccco2)c1. The molecule has 24 heavy (non-hydrogen) atoms. The summed E-state index contributed by atoms with van der Waals surface area (Å²) in [7, 11) is 0. The number of nitrogens with one attached hydrogen (secondary N) is 1. The van der Waals surface area contributed by atoms with Crippen LogP contribution in [0.3, 0.4) is 0 Å². The van der Waals surface area contributed by atoms with Crippen LogP contribution >= 0.6 is 0 Å². The molecule has 3 heterocycles. The molecular formula is C18H26N4O2. The lowest BCUT2D eigenvalue weighted by molar-refractivity contribution is -0.124. The number of furan rings is 1. The van der Waals surface area contributed by atoms with Gasteiger partial charge in [-0.15, -0.1) is 0 Å². The van der Waals surface area contributed by atoms with Crippen LogP contribution in [-0.4, -0.2) is 39.7 Å². The van der Waals surface area contributed by atoms with Gasteiger partial charge in [0.2, 0.25) is 5.91 Å². The molecule has 1 N–H and O–H groups in total. The first-order chi connectivity index (χ1) is 11.6. The summed E-state index contributed by atoms with van der Waals surface area (Å²) in [6, 6.07) is 3.98. The second-order valence-corrected chi connectivity index (χ2v) is 6.66. The van der Waals surface area contributed by atoms with Crippen molar-refractivity contribution < 1.29 is 9.21 Å². The maximum absolute atomic E-state index is 12.4. The molecular weight excluding hydrogens is 304 g/mol. The van der Waals surface area contributed by atoms with Crippen LogP contribution in [0.2, 0.25) is 0 Å². The Kier molecular flexibility index (Phi) is 5.35. The smallest absolute Gasteiger partial charge is 0.234 e. The predicted molar refractivity (Wildman–Crippen MR) is 91.4 cm³/mol. The Labute approximate surface area is 142 Å². The molecule has 3 rings (SSSR count). The van der Waals surface area contributed by atoms with Crippen molar-refractivity contribution in [3.05, 3.63) is 42.1 Å². The van der Waals surface area contributed by atoms with Gasteiger partial charge in [-0.25, -0.2) is 0 Å². The maximum Gasteiger partial charge on any atom is 0.234 e. The van der Waals surface area contributed by atoms with Gasteiger partial charge in [-0.3, -0.25) is 14.4 Å². The summed E-state index contributed by atoms with van der Waals surface area (Å²) >= 11 is 0. The number of rotatable bonds is 6. The molecule has 0 spiro atoms. The molecule has 130 valence electrons. The molecule has 0 aromatic carbocycles. The van der Waals surface area contributed by atoms with Crippen LogP contribution in [0.25, 0.3) is 0 Å². The minimum atomic E-state index is -0.107. The molecule has 2 atom stereocenters. The highest BCUT2D eigenvalue weighted by atomic mass is 16.3. The molecule has 0 bridgehead atoms. The zero-order valence-electron chi connectivity index (χ0n) is 14.4. The lowest BCUT2D eigenvalue weighted by atomic mass is 10.0. The Morgan fingerprint density at radius 2 is 2.38 bits per heavy atom. The number of likely N-dealkylation sites (tertiary alicyclic amines) is 1. The molecule has 0 unspecified atom stereocenters.